The van der Waals surface area contributed by atoms with Crippen molar-refractivity contribution in [2.75, 3.05) is 33.4 Å². The second-order valence-electron chi connectivity index (χ2n) is 6.08. The SMILES string of the molecule is COCCNCCCCOc1ccc(C(C)C)c(C)c1.O=C(O)C(=O)O. The van der Waals surface area contributed by atoms with Gasteiger partial charge in [-0.25, -0.2) is 9.59 Å². The molecule has 0 heterocycles. The highest BCUT2D eigenvalue weighted by Gasteiger charge is 2.05. The summed E-state index contributed by atoms with van der Waals surface area (Å²) in [7, 11) is 1.72. The summed E-state index contributed by atoms with van der Waals surface area (Å²) in [5, 5.41) is 18.1. The third kappa shape index (κ3) is 11.4. The van der Waals surface area contributed by atoms with Gasteiger partial charge in [-0.2, -0.15) is 0 Å². The molecule has 148 valence electrons. The van der Waals surface area contributed by atoms with Crippen LogP contribution >= 0.6 is 0 Å². The van der Waals surface area contributed by atoms with Gasteiger partial charge in [0.05, 0.1) is 13.2 Å². The van der Waals surface area contributed by atoms with Crippen molar-refractivity contribution in [3.05, 3.63) is 29.3 Å². The fourth-order valence-electron chi connectivity index (χ4n) is 2.23. The van der Waals surface area contributed by atoms with Gasteiger partial charge < -0.3 is 25.0 Å². The van der Waals surface area contributed by atoms with Crippen LogP contribution in [0.2, 0.25) is 0 Å². The lowest BCUT2D eigenvalue weighted by Gasteiger charge is -2.12. The number of nitrogens with one attached hydrogen (secondary N) is 1. The summed E-state index contributed by atoms with van der Waals surface area (Å²) in [5.74, 6) is -2.09. The van der Waals surface area contributed by atoms with E-state index in [0.717, 1.165) is 44.9 Å². The molecule has 0 amide bonds. The first-order chi connectivity index (χ1) is 12.3. The highest BCUT2D eigenvalue weighted by molar-refractivity contribution is 6.27. The highest BCUT2D eigenvalue weighted by Crippen LogP contribution is 2.23. The predicted octanol–water partition coefficient (Wildman–Crippen LogP) is 2.67. The van der Waals surface area contributed by atoms with E-state index >= 15 is 0 Å². The Morgan fingerprint density at radius 2 is 1.73 bits per heavy atom. The number of carbonyl (C=O) groups is 2. The summed E-state index contributed by atoms with van der Waals surface area (Å²) < 4.78 is 10.8. The number of unbranched alkanes of at least 4 members (excludes halogenated alkanes) is 1. The molecule has 7 nitrogen and oxygen atoms in total. The molecule has 0 fully saturated rings. The number of carboxylic acids is 2. The van der Waals surface area contributed by atoms with Crippen LogP contribution in [0.25, 0.3) is 0 Å². The Morgan fingerprint density at radius 3 is 2.23 bits per heavy atom. The average molecular weight is 369 g/mol. The highest BCUT2D eigenvalue weighted by atomic mass is 16.5. The van der Waals surface area contributed by atoms with Crippen LogP contribution in [0.3, 0.4) is 0 Å². The Morgan fingerprint density at radius 1 is 1.08 bits per heavy atom. The van der Waals surface area contributed by atoms with E-state index in [4.69, 9.17) is 29.3 Å². The number of benzene rings is 1. The van der Waals surface area contributed by atoms with Crippen molar-refractivity contribution in [2.24, 2.45) is 0 Å². The Bertz CT molecular complexity index is 533. The van der Waals surface area contributed by atoms with Gasteiger partial charge in [-0.05, 0) is 55.5 Å². The van der Waals surface area contributed by atoms with Crippen LogP contribution < -0.4 is 10.1 Å². The first kappa shape index (κ1) is 23.9. The predicted molar refractivity (Wildman–Crippen MR) is 100 cm³/mol. The van der Waals surface area contributed by atoms with Crippen molar-refractivity contribution in [3.63, 3.8) is 0 Å². The van der Waals surface area contributed by atoms with Gasteiger partial charge in [0.15, 0.2) is 0 Å². The van der Waals surface area contributed by atoms with Gasteiger partial charge in [-0.15, -0.1) is 0 Å². The van der Waals surface area contributed by atoms with Crippen LogP contribution in [0.1, 0.15) is 43.7 Å². The van der Waals surface area contributed by atoms with Gasteiger partial charge in [0.1, 0.15) is 5.75 Å². The van der Waals surface area contributed by atoms with Crippen LogP contribution in [0, 0.1) is 6.92 Å². The van der Waals surface area contributed by atoms with Crippen molar-refractivity contribution >= 4 is 11.9 Å². The van der Waals surface area contributed by atoms with Crippen LogP contribution in [-0.2, 0) is 14.3 Å². The molecule has 0 spiro atoms. The fraction of sp³-hybridized carbons (Fsp3) is 0.579. The monoisotopic (exact) mass is 369 g/mol. The molecular formula is C19H31NO6. The number of hydrogen-bond acceptors (Lipinski definition) is 5. The molecule has 0 saturated heterocycles. The van der Waals surface area contributed by atoms with Crippen LogP contribution in [0.4, 0.5) is 0 Å². The lowest BCUT2D eigenvalue weighted by molar-refractivity contribution is -0.159. The Hall–Kier alpha value is -2.12. The molecule has 0 atom stereocenters. The molecule has 1 rings (SSSR count). The second-order valence-corrected chi connectivity index (χ2v) is 6.08. The summed E-state index contributed by atoms with van der Waals surface area (Å²) in [6, 6.07) is 6.41. The smallest absolute Gasteiger partial charge is 0.414 e. The van der Waals surface area contributed by atoms with E-state index in [9.17, 15) is 0 Å². The largest absolute Gasteiger partial charge is 0.494 e. The number of ether oxygens (including phenoxy) is 2. The Kier molecular flexibility index (Phi) is 12.9. The normalized spacial score (nSPS) is 10.2. The first-order valence-corrected chi connectivity index (χ1v) is 8.68. The molecule has 0 aliphatic rings. The maximum atomic E-state index is 9.10. The van der Waals surface area contributed by atoms with E-state index in [1.807, 2.05) is 0 Å². The number of carboxylic acid groups (broad SMARTS) is 2. The summed E-state index contributed by atoms with van der Waals surface area (Å²) in [6.07, 6.45) is 2.21. The summed E-state index contributed by atoms with van der Waals surface area (Å²) in [4.78, 5) is 18.2. The minimum Gasteiger partial charge on any atom is -0.494 e. The minimum absolute atomic E-state index is 0.572. The van der Waals surface area contributed by atoms with Gasteiger partial charge in [0.2, 0.25) is 0 Å². The van der Waals surface area contributed by atoms with Crippen LogP contribution in [-0.4, -0.2) is 55.6 Å². The molecule has 0 saturated carbocycles. The molecular weight excluding hydrogens is 338 g/mol. The molecule has 3 N–H and O–H groups in total. The minimum atomic E-state index is -1.82. The van der Waals surface area contributed by atoms with E-state index in [-0.39, 0.29) is 0 Å². The van der Waals surface area contributed by atoms with E-state index in [1.165, 1.54) is 11.1 Å². The zero-order valence-electron chi connectivity index (χ0n) is 16.1. The van der Waals surface area contributed by atoms with Crippen molar-refractivity contribution in [3.8, 4) is 5.75 Å². The molecule has 0 aromatic heterocycles. The van der Waals surface area contributed by atoms with Crippen LogP contribution in [0.15, 0.2) is 18.2 Å². The maximum absolute atomic E-state index is 9.10. The zero-order chi connectivity index (χ0) is 19.9. The maximum Gasteiger partial charge on any atom is 0.414 e. The zero-order valence-corrected chi connectivity index (χ0v) is 16.1. The first-order valence-electron chi connectivity index (χ1n) is 8.68. The summed E-state index contributed by atoms with van der Waals surface area (Å²) >= 11 is 0. The van der Waals surface area contributed by atoms with Gasteiger partial charge in [-0.1, -0.05) is 19.9 Å². The van der Waals surface area contributed by atoms with E-state index in [1.54, 1.807) is 7.11 Å². The fourth-order valence-corrected chi connectivity index (χ4v) is 2.23. The number of aryl methyl sites for hydroxylation is 1. The number of hydrogen-bond donors (Lipinski definition) is 3. The lowest BCUT2D eigenvalue weighted by atomic mass is 9.98. The second kappa shape index (κ2) is 14.1. The Balaban J connectivity index is 0.000000896. The van der Waals surface area contributed by atoms with Crippen molar-refractivity contribution < 1.29 is 29.3 Å². The molecule has 0 unspecified atom stereocenters. The van der Waals surface area contributed by atoms with Gasteiger partial charge in [0.25, 0.3) is 0 Å². The van der Waals surface area contributed by atoms with Crippen LogP contribution in [0.5, 0.6) is 5.75 Å². The van der Waals surface area contributed by atoms with Crippen molar-refractivity contribution in [1.82, 2.24) is 5.32 Å². The molecule has 0 bridgehead atoms. The van der Waals surface area contributed by atoms with E-state index in [0.29, 0.717) is 5.92 Å². The molecule has 0 aliphatic carbocycles. The van der Waals surface area contributed by atoms with Gasteiger partial charge in [-0.3, -0.25) is 0 Å². The molecule has 7 heteroatoms. The molecule has 0 radical (unpaired) electrons. The summed E-state index contributed by atoms with van der Waals surface area (Å²) in [6.45, 7) is 10.1. The lowest BCUT2D eigenvalue weighted by Crippen LogP contribution is -2.20. The van der Waals surface area contributed by atoms with Gasteiger partial charge in [0, 0.05) is 13.7 Å². The van der Waals surface area contributed by atoms with E-state index in [2.05, 4.69) is 44.3 Å². The molecule has 1 aromatic carbocycles. The van der Waals surface area contributed by atoms with Gasteiger partial charge >= 0.3 is 11.9 Å². The molecule has 26 heavy (non-hydrogen) atoms. The third-order valence-electron chi connectivity index (χ3n) is 3.55. The Labute approximate surface area is 155 Å². The molecule has 0 aliphatic heterocycles. The third-order valence-corrected chi connectivity index (χ3v) is 3.55. The standard InChI is InChI=1S/C17H29NO2.C2H2O4/c1-14(2)17-8-7-16(13-15(17)3)20-11-6-5-9-18-10-12-19-4;3-1(4)2(5)6/h7-8,13-14,18H,5-6,9-12H2,1-4H3;(H,3,4)(H,5,6). The number of methoxy groups -OCH3 is 1. The quantitative estimate of drug-likeness (QED) is 0.430. The molecule has 1 aromatic rings. The summed E-state index contributed by atoms with van der Waals surface area (Å²) in [5.41, 5.74) is 2.72. The van der Waals surface area contributed by atoms with E-state index < -0.39 is 11.9 Å². The van der Waals surface area contributed by atoms with Crippen molar-refractivity contribution in [1.29, 1.82) is 0 Å². The average Bonchev–Trinajstić information content (AvgIpc) is 2.57. The topological polar surface area (TPSA) is 105 Å². The number of aliphatic carboxylic acids is 2. The number of rotatable bonds is 10. The van der Waals surface area contributed by atoms with Crippen molar-refractivity contribution in [2.45, 2.75) is 39.5 Å².